The third-order valence-corrected chi connectivity index (χ3v) is 4.42. The van der Waals surface area contributed by atoms with Gasteiger partial charge in [-0.3, -0.25) is 4.79 Å². The third-order valence-electron chi connectivity index (χ3n) is 4.42. The van der Waals surface area contributed by atoms with Crippen LogP contribution in [0.3, 0.4) is 0 Å². The van der Waals surface area contributed by atoms with Crippen LogP contribution in [0, 0.1) is 19.7 Å². The molecule has 2 aromatic carbocycles. The highest BCUT2D eigenvalue weighted by Gasteiger charge is 2.16. The first-order valence-electron chi connectivity index (χ1n) is 8.63. The average molecular weight is 369 g/mol. The Morgan fingerprint density at radius 1 is 1.15 bits per heavy atom. The lowest BCUT2D eigenvalue weighted by molar-refractivity contribution is -0.120. The van der Waals surface area contributed by atoms with Gasteiger partial charge in [-0.1, -0.05) is 0 Å². The van der Waals surface area contributed by atoms with Crippen molar-refractivity contribution >= 4 is 22.6 Å². The molecule has 0 fully saturated rings. The second-order valence-electron chi connectivity index (χ2n) is 6.22. The zero-order valence-corrected chi connectivity index (χ0v) is 15.4. The Labute approximate surface area is 156 Å². The summed E-state index contributed by atoms with van der Waals surface area (Å²) in [5.41, 5.74) is 2.11. The van der Waals surface area contributed by atoms with E-state index in [4.69, 9.17) is 9.15 Å². The summed E-state index contributed by atoms with van der Waals surface area (Å²) >= 11 is 0. The number of aryl methyl sites for hydroxylation is 2. The summed E-state index contributed by atoms with van der Waals surface area (Å²) in [6.45, 7) is 5.69. The topological polar surface area (TPSA) is 59.8 Å². The summed E-state index contributed by atoms with van der Waals surface area (Å²) in [6.07, 6.45) is 0. The van der Waals surface area contributed by atoms with Gasteiger partial charge in [-0.05, 0) is 62.7 Å². The molecule has 140 valence electrons. The summed E-state index contributed by atoms with van der Waals surface area (Å²) in [5.74, 6) is -0.142. The van der Waals surface area contributed by atoms with Crippen LogP contribution >= 0.6 is 0 Å². The summed E-state index contributed by atoms with van der Waals surface area (Å²) in [4.78, 5) is 25.7. The molecule has 0 saturated heterocycles. The SMILES string of the molecule is CCN(C(=O)COc1ccc2c(C)cc(=O)oc2c1C)c1ccc(F)cc1. The quantitative estimate of drug-likeness (QED) is 0.638. The second-order valence-corrected chi connectivity index (χ2v) is 6.22. The van der Waals surface area contributed by atoms with Crippen LogP contribution < -0.4 is 15.3 Å². The van der Waals surface area contributed by atoms with Crippen LogP contribution in [0.4, 0.5) is 10.1 Å². The van der Waals surface area contributed by atoms with Crippen LogP contribution in [0.25, 0.3) is 11.0 Å². The van der Waals surface area contributed by atoms with E-state index in [0.29, 0.717) is 29.1 Å². The van der Waals surface area contributed by atoms with Crippen molar-refractivity contribution in [3.63, 3.8) is 0 Å². The van der Waals surface area contributed by atoms with E-state index in [1.165, 1.54) is 23.1 Å². The average Bonchev–Trinajstić information content (AvgIpc) is 2.64. The molecule has 0 radical (unpaired) electrons. The molecule has 1 aromatic heterocycles. The molecule has 0 aliphatic heterocycles. The number of halogens is 1. The van der Waals surface area contributed by atoms with Crippen molar-refractivity contribution in [3.8, 4) is 5.75 Å². The van der Waals surface area contributed by atoms with Crippen molar-refractivity contribution < 1.29 is 18.3 Å². The van der Waals surface area contributed by atoms with Crippen molar-refractivity contribution in [1.82, 2.24) is 0 Å². The number of likely N-dealkylation sites (N-methyl/N-ethyl adjacent to an activating group) is 1. The zero-order valence-electron chi connectivity index (χ0n) is 15.4. The maximum atomic E-state index is 13.1. The molecular formula is C21H20FNO4. The highest BCUT2D eigenvalue weighted by Crippen LogP contribution is 2.28. The Bertz CT molecular complexity index is 1040. The Hall–Kier alpha value is -3.15. The molecule has 0 spiro atoms. The first-order valence-corrected chi connectivity index (χ1v) is 8.63. The van der Waals surface area contributed by atoms with Crippen LogP contribution in [0.15, 0.2) is 51.7 Å². The second kappa shape index (κ2) is 7.61. The van der Waals surface area contributed by atoms with Crippen molar-refractivity contribution in [3.05, 3.63) is 69.8 Å². The summed E-state index contributed by atoms with van der Waals surface area (Å²) in [7, 11) is 0. The van der Waals surface area contributed by atoms with Crippen molar-refractivity contribution in [1.29, 1.82) is 0 Å². The summed E-state index contributed by atoms with van der Waals surface area (Å²) < 4.78 is 24.1. The highest BCUT2D eigenvalue weighted by molar-refractivity contribution is 5.94. The van der Waals surface area contributed by atoms with Crippen LogP contribution in [0.1, 0.15) is 18.1 Å². The van der Waals surface area contributed by atoms with E-state index in [-0.39, 0.29) is 18.3 Å². The largest absolute Gasteiger partial charge is 0.483 e. The smallest absolute Gasteiger partial charge is 0.336 e. The van der Waals surface area contributed by atoms with Gasteiger partial charge in [0.05, 0.1) is 0 Å². The third kappa shape index (κ3) is 3.84. The van der Waals surface area contributed by atoms with Gasteiger partial charge in [-0.2, -0.15) is 0 Å². The van der Waals surface area contributed by atoms with E-state index < -0.39 is 5.63 Å². The van der Waals surface area contributed by atoms with E-state index in [2.05, 4.69) is 0 Å². The van der Waals surface area contributed by atoms with Gasteiger partial charge < -0.3 is 14.1 Å². The molecule has 3 aromatic rings. The molecule has 1 amide bonds. The van der Waals surface area contributed by atoms with Crippen molar-refractivity contribution in [2.24, 2.45) is 0 Å². The Morgan fingerprint density at radius 3 is 2.52 bits per heavy atom. The van der Waals surface area contributed by atoms with Crippen LogP contribution in [0.2, 0.25) is 0 Å². The molecule has 0 aliphatic carbocycles. The molecule has 5 nitrogen and oxygen atoms in total. The van der Waals surface area contributed by atoms with Gasteiger partial charge in [0.25, 0.3) is 5.91 Å². The maximum Gasteiger partial charge on any atom is 0.336 e. The van der Waals surface area contributed by atoms with E-state index in [1.54, 1.807) is 31.2 Å². The van der Waals surface area contributed by atoms with Crippen LogP contribution in [-0.2, 0) is 4.79 Å². The number of anilines is 1. The number of carbonyl (C=O) groups excluding carboxylic acids is 1. The molecule has 0 N–H and O–H groups in total. The van der Waals surface area contributed by atoms with Gasteiger partial charge in [0.15, 0.2) is 6.61 Å². The minimum Gasteiger partial charge on any atom is -0.483 e. The number of hydrogen-bond acceptors (Lipinski definition) is 4. The molecule has 0 atom stereocenters. The number of amides is 1. The van der Waals surface area contributed by atoms with Gasteiger partial charge in [0.1, 0.15) is 17.1 Å². The Balaban J connectivity index is 1.81. The van der Waals surface area contributed by atoms with E-state index in [0.717, 1.165) is 10.9 Å². The van der Waals surface area contributed by atoms with Gasteiger partial charge in [-0.25, -0.2) is 9.18 Å². The highest BCUT2D eigenvalue weighted by atomic mass is 19.1. The number of hydrogen-bond donors (Lipinski definition) is 0. The molecule has 0 saturated carbocycles. The molecule has 0 aliphatic rings. The molecule has 6 heteroatoms. The normalized spacial score (nSPS) is 10.8. The summed E-state index contributed by atoms with van der Waals surface area (Å²) in [5, 5.41) is 0.826. The summed E-state index contributed by atoms with van der Waals surface area (Å²) in [6, 6.07) is 10.7. The number of rotatable bonds is 5. The van der Waals surface area contributed by atoms with Gasteiger partial charge in [0.2, 0.25) is 0 Å². The van der Waals surface area contributed by atoms with Crippen molar-refractivity contribution in [2.45, 2.75) is 20.8 Å². The fourth-order valence-corrected chi connectivity index (χ4v) is 3.00. The van der Waals surface area contributed by atoms with E-state index in [1.807, 2.05) is 13.8 Å². The lowest BCUT2D eigenvalue weighted by Crippen LogP contribution is -2.34. The van der Waals surface area contributed by atoms with E-state index >= 15 is 0 Å². The van der Waals surface area contributed by atoms with Gasteiger partial charge in [-0.15, -0.1) is 0 Å². The minimum atomic E-state index is -0.426. The molecule has 1 heterocycles. The number of fused-ring (bicyclic) bond motifs is 1. The first-order chi connectivity index (χ1) is 12.9. The van der Waals surface area contributed by atoms with E-state index in [9.17, 15) is 14.0 Å². The standard InChI is InChI=1S/C21H20FNO4/c1-4-23(16-7-5-15(22)6-8-16)19(24)12-26-18-10-9-17-13(2)11-20(25)27-21(17)14(18)3/h5-11H,4,12H2,1-3H3. The monoisotopic (exact) mass is 369 g/mol. The minimum absolute atomic E-state index is 0.187. The van der Waals surface area contributed by atoms with Crippen LogP contribution in [0.5, 0.6) is 5.75 Å². The molecule has 0 unspecified atom stereocenters. The predicted octanol–water partition coefficient (Wildman–Crippen LogP) is 3.98. The van der Waals surface area contributed by atoms with Gasteiger partial charge in [0, 0.05) is 29.2 Å². The molecule has 0 bridgehead atoms. The number of ether oxygens (including phenoxy) is 1. The lowest BCUT2D eigenvalue weighted by atomic mass is 10.1. The fourth-order valence-electron chi connectivity index (χ4n) is 3.00. The molecular weight excluding hydrogens is 349 g/mol. The molecule has 27 heavy (non-hydrogen) atoms. The maximum absolute atomic E-state index is 13.1. The number of benzene rings is 2. The number of carbonyl (C=O) groups is 1. The lowest BCUT2D eigenvalue weighted by Gasteiger charge is -2.21. The van der Waals surface area contributed by atoms with Crippen molar-refractivity contribution in [2.75, 3.05) is 18.1 Å². The number of nitrogens with zero attached hydrogens (tertiary/aromatic N) is 1. The predicted molar refractivity (Wildman–Crippen MR) is 102 cm³/mol. The Morgan fingerprint density at radius 2 is 1.85 bits per heavy atom. The fraction of sp³-hybridized carbons (Fsp3) is 0.238. The zero-order chi connectivity index (χ0) is 19.6. The molecule has 3 rings (SSSR count). The Kier molecular flexibility index (Phi) is 5.26. The van der Waals surface area contributed by atoms with Gasteiger partial charge >= 0.3 is 5.63 Å². The first kappa shape index (κ1) is 18.6. The van der Waals surface area contributed by atoms with Crippen LogP contribution in [-0.4, -0.2) is 19.1 Å².